The lowest BCUT2D eigenvalue weighted by atomic mass is 10.0. The van der Waals surface area contributed by atoms with Crippen LogP contribution < -0.4 is 18.9 Å². The Bertz CT molecular complexity index is 902. The molecule has 6 heteroatoms. The van der Waals surface area contributed by atoms with E-state index in [4.69, 9.17) is 23.5 Å². The Morgan fingerprint density at radius 1 is 0.893 bits per heavy atom. The standard InChI is InChI=1S/C22H25NO5/c1-5-6-11-27-16-9-7-15(8-10-16)19-14-23-28-21(19)18-12-17(24-2)13-20(25-3)22(18)26-4/h7-10,12-14H,5-6,11H2,1-4H3. The first-order valence-electron chi connectivity index (χ1n) is 9.20. The van der Waals surface area contributed by atoms with Gasteiger partial charge in [0.1, 0.15) is 11.5 Å². The van der Waals surface area contributed by atoms with Gasteiger partial charge < -0.3 is 23.5 Å². The Kier molecular flexibility index (Phi) is 6.42. The van der Waals surface area contributed by atoms with Gasteiger partial charge in [-0.25, -0.2) is 0 Å². The van der Waals surface area contributed by atoms with Gasteiger partial charge in [-0.3, -0.25) is 0 Å². The molecular weight excluding hydrogens is 358 g/mol. The molecule has 0 N–H and O–H groups in total. The Morgan fingerprint density at radius 3 is 2.32 bits per heavy atom. The van der Waals surface area contributed by atoms with E-state index in [0.717, 1.165) is 36.3 Å². The van der Waals surface area contributed by atoms with Gasteiger partial charge in [0.2, 0.25) is 0 Å². The van der Waals surface area contributed by atoms with E-state index in [1.165, 1.54) is 0 Å². The molecule has 0 aliphatic carbocycles. The van der Waals surface area contributed by atoms with E-state index in [9.17, 15) is 0 Å². The predicted molar refractivity (Wildman–Crippen MR) is 107 cm³/mol. The van der Waals surface area contributed by atoms with Gasteiger partial charge in [-0.1, -0.05) is 30.6 Å². The highest BCUT2D eigenvalue weighted by atomic mass is 16.5. The summed E-state index contributed by atoms with van der Waals surface area (Å²) >= 11 is 0. The summed E-state index contributed by atoms with van der Waals surface area (Å²) in [5, 5.41) is 4.00. The van der Waals surface area contributed by atoms with E-state index >= 15 is 0 Å². The van der Waals surface area contributed by atoms with E-state index in [2.05, 4.69) is 12.1 Å². The number of aromatic nitrogens is 1. The van der Waals surface area contributed by atoms with Crippen molar-refractivity contribution in [1.82, 2.24) is 5.16 Å². The van der Waals surface area contributed by atoms with Crippen LogP contribution in [0.2, 0.25) is 0 Å². The molecule has 0 unspecified atom stereocenters. The molecule has 0 amide bonds. The van der Waals surface area contributed by atoms with Crippen LogP contribution in [0.5, 0.6) is 23.0 Å². The van der Waals surface area contributed by atoms with Gasteiger partial charge in [0.15, 0.2) is 17.3 Å². The van der Waals surface area contributed by atoms with Crippen molar-refractivity contribution in [2.24, 2.45) is 0 Å². The van der Waals surface area contributed by atoms with Gasteiger partial charge in [0.25, 0.3) is 0 Å². The smallest absolute Gasteiger partial charge is 0.178 e. The fraction of sp³-hybridized carbons (Fsp3) is 0.318. The minimum atomic E-state index is 0.555. The zero-order valence-electron chi connectivity index (χ0n) is 16.7. The lowest BCUT2D eigenvalue weighted by Gasteiger charge is -2.14. The predicted octanol–water partition coefficient (Wildman–Crippen LogP) is 5.21. The van der Waals surface area contributed by atoms with Crippen molar-refractivity contribution in [3.05, 3.63) is 42.6 Å². The maximum Gasteiger partial charge on any atom is 0.178 e. The number of benzene rings is 2. The zero-order chi connectivity index (χ0) is 19.9. The van der Waals surface area contributed by atoms with Crippen LogP contribution in [-0.2, 0) is 0 Å². The summed E-state index contributed by atoms with van der Waals surface area (Å²) in [6.45, 7) is 2.86. The molecule has 0 aliphatic rings. The van der Waals surface area contributed by atoms with Crippen LogP contribution >= 0.6 is 0 Å². The Morgan fingerprint density at radius 2 is 1.68 bits per heavy atom. The first-order valence-corrected chi connectivity index (χ1v) is 9.20. The Balaban J connectivity index is 1.98. The zero-order valence-corrected chi connectivity index (χ0v) is 16.7. The van der Waals surface area contributed by atoms with Crippen molar-refractivity contribution in [3.63, 3.8) is 0 Å². The topological polar surface area (TPSA) is 63.0 Å². The molecule has 0 aliphatic heterocycles. The molecule has 1 heterocycles. The maximum atomic E-state index is 5.74. The van der Waals surface area contributed by atoms with Crippen molar-refractivity contribution in [3.8, 4) is 45.4 Å². The monoisotopic (exact) mass is 383 g/mol. The molecule has 2 aromatic carbocycles. The first-order chi connectivity index (χ1) is 13.7. The van der Waals surface area contributed by atoms with E-state index < -0.39 is 0 Å². The quantitative estimate of drug-likeness (QED) is 0.473. The third-order valence-electron chi connectivity index (χ3n) is 4.44. The summed E-state index contributed by atoms with van der Waals surface area (Å²) in [6, 6.07) is 11.5. The third kappa shape index (κ3) is 4.06. The fourth-order valence-corrected chi connectivity index (χ4v) is 2.93. The molecule has 6 nitrogen and oxygen atoms in total. The number of hydrogen-bond acceptors (Lipinski definition) is 6. The summed E-state index contributed by atoms with van der Waals surface area (Å²) < 4.78 is 27.7. The van der Waals surface area contributed by atoms with Gasteiger partial charge in [0.05, 0.1) is 39.7 Å². The van der Waals surface area contributed by atoms with E-state index in [1.54, 1.807) is 33.6 Å². The number of unbranched alkanes of at least 4 members (excludes halogenated alkanes) is 1. The van der Waals surface area contributed by atoms with Crippen molar-refractivity contribution in [2.45, 2.75) is 19.8 Å². The second-order valence-electron chi connectivity index (χ2n) is 6.21. The largest absolute Gasteiger partial charge is 0.497 e. The molecule has 1 aromatic heterocycles. The number of methoxy groups -OCH3 is 3. The van der Waals surface area contributed by atoms with Crippen LogP contribution in [0.1, 0.15) is 19.8 Å². The molecular formula is C22H25NO5. The molecule has 0 saturated carbocycles. The highest BCUT2D eigenvalue weighted by Crippen LogP contribution is 2.44. The fourth-order valence-electron chi connectivity index (χ4n) is 2.93. The number of ether oxygens (including phenoxy) is 4. The van der Waals surface area contributed by atoms with Crippen LogP contribution in [0.25, 0.3) is 22.5 Å². The molecule has 0 fully saturated rings. The number of hydrogen-bond donors (Lipinski definition) is 0. The van der Waals surface area contributed by atoms with Crippen LogP contribution in [-0.4, -0.2) is 33.1 Å². The molecule has 0 radical (unpaired) electrons. The van der Waals surface area contributed by atoms with Crippen LogP contribution in [0.4, 0.5) is 0 Å². The summed E-state index contributed by atoms with van der Waals surface area (Å²) in [5.41, 5.74) is 2.51. The summed E-state index contributed by atoms with van der Waals surface area (Å²) in [4.78, 5) is 0. The normalized spacial score (nSPS) is 10.6. The highest BCUT2D eigenvalue weighted by molar-refractivity contribution is 5.84. The molecule has 148 valence electrons. The van der Waals surface area contributed by atoms with Crippen LogP contribution in [0, 0.1) is 0 Å². The molecule has 3 aromatic rings. The van der Waals surface area contributed by atoms with Gasteiger partial charge >= 0.3 is 0 Å². The van der Waals surface area contributed by atoms with Gasteiger partial charge in [0, 0.05) is 11.6 Å². The number of nitrogens with zero attached hydrogens (tertiary/aromatic N) is 1. The lowest BCUT2D eigenvalue weighted by Crippen LogP contribution is -1.96. The van der Waals surface area contributed by atoms with Crippen molar-refractivity contribution in [2.75, 3.05) is 27.9 Å². The molecule has 3 rings (SSSR count). The maximum absolute atomic E-state index is 5.74. The van der Waals surface area contributed by atoms with Crippen LogP contribution in [0.15, 0.2) is 47.1 Å². The van der Waals surface area contributed by atoms with E-state index in [0.29, 0.717) is 28.6 Å². The van der Waals surface area contributed by atoms with Crippen molar-refractivity contribution < 1.29 is 23.5 Å². The van der Waals surface area contributed by atoms with Crippen molar-refractivity contribution >= 4 is 0 Å². The van der Waals surface area contributed by atoms with Gasteiger partial charge in [-0.2, -0.15) is 0 Å². The second kappa shape index (κ2) is 9.17. The van der Waals surface area contributed by atoms with Gasteiger partial charge in [-0.15, -0.1) is 0 Å². The average molecular weight is 383 g/mol. The summed E-state index contributed by atoms with van der Waals surface area (Å²) in [7, 11) is 4.77. The lowest BCUT2D eigenvalue weighted by molar-refractivity contribution is 0.309. The van der Waals surface area contributed by atoms with Crippen molar-refractivity contribution in [1.29, 1.82) is 0 Å². The minimum absolute atomic E-state index is 0.555. The average Bonchev–Trinajstić information content (AvgIpc) is 3.23. The molecule has 0 bridgehead atoms. The molecule has 0 spiro atoms. The SMILES string of the molecule is CCCCOc1ccc(-c2cnoc2-c2cc(OC)cc(OC)c2OC)cc1. The number of rotatable bonds is 9. The molecule has 0 saturated heterocycles. The van der Waals surface area contributed by atoms with Crippen LogP contribution in [0.3, 0.4) is 0 Å². The summed E-state index contributed by atoms with van der Waals surface area (Å²) in [6.07, 6.45) is 3.83. The first kappa shape index (κ1) is 19.6. The molecule has 0 atom stereocenters. The van der Waals surface area contributed by atoms with E-state index in [1.807, 2.05) is 30.3 Å². The second-order valence-corrected chi connectivity index (χ2v) is 6.21. The third-order valence-corrected chi connectivity index (χ3v) is 4.44. The minimum Gasteiger partial charge on any atom is -0.497 e. The Hall–Kier alpha value is -3.15. The molecule has 28 heavy (non-hydrogen) atoms. The highest BCUT2D eigenvalue weighted by Gasteiger charge is 2.21. The van der Waals surface area contributed by atoms with Gasteiger partial charge in [-0.05, 0) is 30.2 Å². The Labute approximate surface area is 165 Å². The van der Waals surface area contributed by atoms with E-state index in [-0.39, 0.29) is 0 Å². The summed E-state index contributed by atoms with van der Waals surface area (Å²) in [5.74, 6) is 3.17.